The van der Waals surface area contributed by atoms with E-state index in [1.54, 1.807) is 18.6 Å². The SMILES string of the molecule is Cc1cnc2c(C(=O)NC3=CNC4C=C(F)C(F)=CC34)cnn2c1. The van der Waals surface area contributed by atoms with Crippen molar-refractivity contribution < 1.29 is 13.6 Å². The van der Waals surface area contributed by atoms with E-state index in [1.165, 1.54) is 10.7 Å². The number of aromatic nitrogens is 3. The summed E-state index contributed by atoms with van der Waals surface area (Å²) in [6.45, 7) is 1.87. The van der Waals surface area contributed by atoms with Crippen molar-refractivity contribution in [3.05, 3.63) is 65.4 Å². The molecule has 0 aromatic carbocycles. The number of carbonyl (C=O) groups is 1. The van der Waals surface area contributed by atoms with Gasteiger partial charge < -0.3 is 10.6 Å². The highest BCUT2D eigenvalue weighted by atomic mass is 19.2. The average Bonchev–Trinajstić information content (AvgIpc) is 3.12. The molecule has 1 amide bonds. The number of hydrogen-bond donors (Lipinski definition) is 2. The summed E-state index contributed by atoms with van der Waals surface area (Å²) in [6, 6.07) is -0.413. The maximum Gasteiger partial charge on any atom is 0.260 e. The summed E-state index contributed by atoms with van der Waals surface area (Å²) >= 11 is 0. The molecular formula is C16H13F2N5O. The van der Waals surface area contributed by atoms with Crippen LogP contribution in [0, 0.1) is 12.8 Å². The van der Waals surface area contributed by atoms with Crippen molar-refractivity contribution in [1.82, 2.24) is 25.2 Å². The number of halogens is 2. The second-order valence-electron chi connectivity index (χ2n) is 5.76. The normalized spacial score (nSPS) is 22.4. The Hall–Kier alpha value is -3.03. The van der Waals surface area contributed by atoms with Crippen molar-refractivity contribution in [3.63, 3.8) is 0 Å². The van der Waals surface area contributed by atoms with E-state index in [4.69, 9.17) is 0 Å². The van der Waals surface area contributed by atoms with Gasteiger partial charge in [0.25, 0.3) is 5.91 Å². The van der Waals surface area contributed by atoms with Gasteiger partial charge in [-0.1, -0.05) is 0 Å². The van der Waals surface area contributed by atoms with Crippen LogP contribution in [-0.2, 0) is 0 Å². The maximum atomic E-state index is 13.5. The van der Waals surface area contributed by atoms with Crippen LogP contribution in [0.5, 0.6) is 0 Å². The molecule has 0 fully saturated rings. The van der Waals surface area contributed by atoms with E-state index >= 15 is 0 Å². The first kappa shape index (κ1) is 14.6. The fourth-order valence-electron chi connectivity index (χ4n) is 2.85. The van der Waals surface area contributed by atoms with Crippen molar-refractivity contribution in [2.45, 2.75) is 13.0 Å². The van der Waals surface area contributed by atoms with Crippen LogP contribution in [0.3, 0.4) is 0 Å². The maximum absolute atomic E-state index is 13.5. The largest absolute Gasteiger partial charge is 0.382 e. The summed E-state index contributed by atoms with van der Waals surface area (Å²) in [5, 5.41) is 9.75. The first-order valence-electron chi connectivity index (χ1n) is 7.35. The van der Waals surface area contributed by atoms with E-state index in [1.807, 2.05) is 6.92 Å². The number of aryl methyl sites for hydroxylation is 1. The molecule has 3 heterocycles. The fourth-order valence-corrected chi connectivity index (χ4v) is 2.85. The number of fused-ring (bicyclic) bond motifs is 2. The Morgan fingerprint density at radius 2 is 2.08 bits per heavy atom. The Kier molecular flexibility index (Phi) is 3.19. The van der Waals surface area contributed by atoms with Gasteiger partial charge in [0, 0.05) is 30.2 Å². The number of amides is 1. The van der Waals surface area contributed by atoms with E-state index in [-0.39, 0.29) is 0 Å². The highest BCUT2D eigenvalue weighted by Gasteiger charge is 2.33. The quantitative estimate of drug-likeness (QED) is 0.883. The van der Waals surface area contributed by atoms with Crippen LogP contribution >= 0.6 is 0 Å². The molecule has 2 unspecified atom stereocenters. The van der Waals surface area contributed by atoms with Gasteiger partial charge >= 0.3 is 0 Å². The van der Waals surface area contributed by atoms with Gasteiger partial charge in [0.05, 0.1) is 12.2 Å². The molecule has 122 valence electrons. The minimum absolute atomic E-state index is 0.307. The van der Waals surface area contributed by atoms with Crippen molar-refractivity contribution in [3.8, 4) is 0 Å². The molecule has 2 aromatic rings. The Bertz CT molecular complexity index is 943. The number of hydrogen-bond acceptors (Lipinski definition) is 4. The molecule has 0 radical (unpaired) electrons. The predicted octanol–water partition coefficient (Wildman–Crippen LogP) is 1.92. The summed E-state index contributed by atoms with van der Waals surface area (Å²) in [4.78, 5) is 16.7. The molecule has 2 atom stereocenters. The topological polar surface area (TPSA) is 71.3 Å². The van der Waals surface area contributed by atoms with Crippen LogP contribution in [0.15, 0.2) is 54.3 Å². The van der Waals surface area contributed by atoms with Gasteiger partial charge in [-0.2, -0.15) is 5.10 Å². The van der Waals surface area contributed by atoms with Crippen molar-refractivity contribution >= 4 is 11.6 Å². The summed E-state index contributed by atoms with van der Waals surface area (Å²) in [5.41, 5.74) is 2.12. The van der Waals surface area contributed by atoms with Gasteiger partial charge in [0.1, 0.15) is 5.56 Å². The molecule has 2 aromatic heterocycles. The molecule has 2 aliphatic rings. The first-order valence-corrected chi connectivity index (χ1v) is 7.35. The molecule has 24 heavy (non-hydrogen) atoms. The molecular weight excluding hydrogens is 316 g/mol. The lowest BCUT2D eigenvalue weighted by molar-refractivity contribution is 0.0964. The van der Waals surface area contributed by atoms with Crippen molar-refractivity contribution in [2.75, 3.05) is 0 Å². The van der Waals surface area contributed by atoms with Crippen LogP contribution in [0.2, 0.25) is 0 Å². The second-order valence-corrected chi connectivity index (χ2v) is 5.76. The second kappa shape index (κ2) is 5.26. The highest BCUT2D eigenvalue weighted by molar-refractivity contribution is 6.00. The van der Waals surface area contributed by atoms with Gasteiger partial charge in [-0.3, -0.25) is 4.79 Å². The lowest BCUT2D eigenvalue weighted by Gasteiger charge is -2.20. The zero-order valence-electron chi connectivity index (χ0n) is 12.6. The van der Waals surface area contributed by atoms with Crippen LogP contribution in [0.1, 0.15) is 15.9 Å². The third kappa shape index (κ3) is 2.27. The zero-order valence-corrected chi connectivity index (χ0v) is 12.6. The predicted molar refractivity (Wildman–Crippen MR) is 82.1 cm³/mol. The van der Waals surface area contributed by atoms with Gasteiger partial charge in [-0.15, -0.1) is 0 Å². The monoisotopic (exact) mass is 329 g/mol. The van der Waals surface area contributed by atoms with E-state index in [0.29, 0.717) is 16.9 Å². The standard InChI is InChI=1S/C16H13F2N5O/c1-8-4-20-15-10(5-21-23(15)7-8)16(24)22-14-6-19-13-3-12(18)11(17)2-9(13)14/h2-7,9,13,19H,1H3,(H,22,24). The number of nitrogens with zero attached hydrogens (tertiary/aromatic N) is 3. The number of rotatable bonds is 2. The molecule has 0 bridgehead atoms. The summed E-state index contributed by atoms with van der Waals surface area (Å²) < 4.78 is 28.3. The van der Waals surface area contributed by atoms with Gasteiger partial charge in [0.15, 0.2) is 17.3 Å². The Morgan fingerprint density at radius 3 is 2.92 bits per heavy atom. The smallest absolute Gasteiger partial charge is 0.260 e. The van der Waals surface area contributed by atoms with Gasteiger partial charge in [-0.05, 0) is 24.6 Å². The van der Waals surface area contributed by atoms with Crippen LogP contribution in [-0.4, -0.2) is 26.5 Å². The van der Waals surface area contributed by atoms with E-state index < -0.39 is 29.5 Å². The van der Waals surface area contributed by atoms with Crippen LogP contribution < -0.4 is 10.6 Å². The fraction of sp³-hybridized carbons (Fsp3) is 0.188. The Morgan fingerprint density at radius 1 is 1.29 bits per heavy atom. The minimum Gasteiger partial charge on any atom is -0.382 e. The summed E-state index contributed by atoms with van der Waals surface area (Å²) in [7, 11) is 0. The van der Waals surface area contributed by atoms with E-state index in [2.05, 4.69) is 20.7 Å². The average molecular weight is 329 g/mol. The first-order chi connectivity index (χ1) is 11.5. The Labute approximate surface area is 135 Å². The zero-order chi connectivity index (χ0) is 16.8. The number of allylic oxidation sites excluding steroid dienone is 2. The highest BCUT2D eigenvalue weighted by Crippen LogP contribution is 2.31. The molecule has 4 rings (SSSR count). The number of nitrogens with one attached hydrogen (secondary N) is 2. The molecule has 1 aliphatic carbocycles. The van der Waals surface area contributed by atoms with Crippen molar-refractivity contribution in [2.24, 2.45) is 5.92 Å². The molecule has 0 spiro atoms. The van der Waals surface area contributed by atoms with Gasteiger partial charge in [0.2, 0.25) is 0 Å². The molecule has 1 aliphatic heterocycles. The summed E-state index contributed by atoms with van der Waals surface area (Å²) in [5.74, 6) is -2.69. The third-order valence-corrected chi connectivity index (χ3v) is 4.05. The third-order valence-electron chi connectivity index (χ3n) is 4.05. The van der Waals surface area contributed by atoms with Gasteiger partial charge in [-0.25, -0.2) is 18.3 Å². The van der Waals surface area contributed by atoms with Crippen LogP contribution in [0.4, 0.5) is 8.78 Å². The number of carbonyl (C=O) groups excluding carboxylic acids is 1. The molecule has 2 N–H and O–H groups in total. The molecule has 0 saturated carbocycles. The molecule has 6 nitrogen and oxygen atoms in total. The van der Waals surface area contributed by atoms with Crippen molar-refractivity contribution in [1.29, 1.82) is 0 Å². The van der Waals surface area contributed by atoms with E-state index in [0.717, 1.165) is 17.7 Å². The minimum atomic E-state index is -0.923. The Balaban J connectivity index is 1.58. The molecule has 0 saturated heterocycles. The summed E-state index contributed by atoms with van der Waals surface area (Å²) in [6.07, 6.45) is 8.70. The molecule has 8 heteroatoms. The lowest BCUT2D eigenvalue weighted by atomic mass is 9.94. The lowest BCUT2D eigenvalue weighted by Crippen LogP contribution is -2.31. The van der Waals surface area contributed by atoms with Crippen LogP contribution in [0.25, 0.3) is 5.65 Å². The van der Waals surface area contributed by atoms with E-state index in [9.17, 15) is 13.6 Å².